The second-order valence-corrected chi connectivity index (χ2v) is 3.09. The molecule has 1 aliphatic rings. The first-order chi connectivity index (χ1) is 7.58. The molecule has 1 aliphatic heterocycles. The molecule has 0 atom stereocenters. The summed E-state index contributed by atoms with van der Waals surface area (Å²) in [7, 11) is 1.51. The number of imidazole rings is 1. The van der Waals surface area contributed by atoms with Crippen molar-refractivity contribution in [2.24, 2.45) is 7.05 Å². The van der Waals surface area contributed by atoms with Crippen LogP contribution in [0.25, 0.3) is 6.08 Å². The van der Waals surface area contributed by atoms with E-state index in [0.717, 1.165) is 6.20 Å². The molecule has 0 unspecified atom stereocenters. The first-order valence-electron chi connectivity index (χ1n) is 4.35. The normalized spacial score (nSPS) is 16.8. The number of nitro groups is 1. The molecule has 0 spiro atoms. The maximum atomic E-state index is 10.8. The highest BCUT2D eigenvalue weighted by molar-refractivity contribution is 5.87. The maximum Gasteiger partial charge on any atom is 0.342 e. The van der Waals surface area contributed by atoms with E-state index < -0.39 is 10.9 Å². The lowest BCUT2D eigenvalue weighted by Gasteiger charge is -1.96. The van der Waals surface area contributed by atoms with Crippen molar-refractivity contribution in [3.05, 3.63) is 40.0 Å². The van der Waals surface area contributed by atoms with Crippen LogP contribution in [0.2, 0.25) is 0 Å². The molecule has 0 bridgehead atoms. The summed E-state index contributed by atoms with van der Waals surface area (Å²) < 4.78 is 6.08. The van der Waals surface area contributed by atoms with Gasteiger partial charge in [0.2, 0.25) is 5.82 Å². The summed E-state index contributed by atoms with van der Waals surface area (Å²) in [6.07, 6.45) is 5.34. The summed E-state index contributed by atoms with van der Waals surface area (Å²) in [5.74, 6) is 0.0739. The number of cyclic esters (lactones) is 1. The Labute approximate surface area is 89.8 Å². The Balaban J connectivity index is 2.33. The summed E-state index contributed by atoms with van der Waals surface area (Å²) in [6, 6.07) is 0. The average molecular weight is 221 g/mol. The molecule has 0 radical (unpaired) electrons. The molecule has 0 amide bonds. The predicted octanol–water partition coefficient (Wildman–Crippen LogP) is 0.782. The molecular weight excluding hydrogens is 214 g/mol. The van der Waals surface area contributed by atoms with Gasteiger partial charge >= 0.3 is 11.8 Å². The number of ether oxygens (including phenoxy) is 1. The number of allylic oxidation sites excluding steroid dienone is 1. The fourth-order valence-corrected chi connectivity index (χ4v) is 1.26. The Morgan fingerprint density at radius 1 is 1.56 bits per heavy atom. The molecule has 1 aromatic rings. The van der Waals surface area contributed by atoms with Gasteiger partial charge in [0, 0.05) is 12.2 Å². The number of rotatable bonds is 2. The van der Waals surface area contributed by atoms with Crippen molar-refractivity contribution in [3.63, 3.8) is 0 Å². The second kappa shape index (κ2) is 3.61. The fourth-order valence-electron chi connectivity index (χ4n) is 1.26. The smallest absolute Gasteiger partial charge is 0.342 e. The number of hydrogen-bond donors (Lipinski definition) is 0. The Bertz CT molecular complexity index is 527. The second-order valence-electron chi connectivity index (χ2n) is 3.09. The SMILES string of the molecule is Cn1c([N+](=O)[O-])cnc1C=C1C=CC(=O)O1. The van der Waals surface area contributed by atoms with Crippen LogP contribution in [0, 0.1) is 10.1 Å². The van der Waals surface area contributed by atoms with Crippen molar-refractivity contribution < 1.29 is 14.5 Å². The van der Waals surface area contributed by atoms with Crippen LogP contribution in [0.5, 0.6) is 0 Å². The Morgan fingerprint density at radius 3 is 2.81 bits per heavy atom. The number of hydrogen-bond acceptors (Lipinski definition) is 5. The van der Waals surface area contributed by atoms with Gasteiger partial charge in [-0.25, -0.2) is 14.3 Å². The van der Waals surface area contributed by atoms with Crippen molar-refractivity contribution >= 4 is 17.9 Å². The molecule has 0 aromatic carbocycles. The third-order valence-corrected chi connectivity index (χ3v) is 2.06. The van der Waals surface area contributed by atoms with Gasteiger partial charge in [0.05, 0.1) is 7.05 Å². The molecule has 0 saturated heterocycles. The summed E-state index contributed by atoms with van der Waals surface area (Å²) in [5, 5.41) is 10.5. The molecule has 82 valence electrons. The van der Waals surface area contributed by atoms with Crippen LogP contribution in [0.15, 0.2) is 24.1 Å². The zero-order valence-corrected chi connectivity index (χ0v) is 8.28. The van der Waals surface area contributed by atoms with E-state index >= 15 is 0 Å². The monoisotopic (exact) mass is 221 g/mol. The molecule has 7 heteroatoms. The van der Waals surface area contributed by atoms with Crippen LogP contribution in [-0.4, -0.2) is 20.4 Å². The molecule has 0 N–H and O–H groups in total. The van der Waals surface area contributed by atoms with Crippen LogP contribution in [0.1, 0.15) is 5.82 Å². The minimum Gasteiger partial charge on any atom is -0.423 e. The summed E-state index contributed by atoms with van der Waals surface area (Å²) in [4.78, 5) is 24.6. The van der Waals surface area contributed by atoms with E-state index in [-0.39, 0.29) is 5.82 Å². The zero-order chi connectivity index (χ0) is 11.7. The predicted molar refractivity (Wildman–Crippen MR) is 53.1 cm³/mol. The van der Waals surface area contributed by atoms with Gasteiger partial charge in [-0.15, -0.1) is 0 Å². The lowest BCUT2D eigenvalue weighted by atomic mass is 10.4. The standard InChI is InChI=1S/C9H7N3O4/c1-11-7(10-5-8(11)12(14)15)4-6-2-3-9(13)16-6/h2-5H,1H3. The average Bonchev–Trinajstić information content (AvgIpc) is 2.76. The molecule has 0 saturated carbocycles. The molecular formula is C9H7N3O4. The van der Waals surface area contributed by atoms with Crippen LogP contribution in [0.4, 0.5) is 5.82 Å². The number of carbonyl (C=O) groups is 1. The fraction of sp³-hybridized carbons (Fsp3) is 0.111. The summed E-state index contributed by atoms with van der Waals surface area (Å²) >= 11 is 0. The molecule has 16 heavy (non-hydrogen) atoms. The lowest BCUT2D eigenvalue weighted by Crippen LogP contribution is -1.99. The zero-order valence-electron chi connectivity index (χ0n) is 8.28. The van der Waals surface area contributed by atoms with Crippen LogP contribution in [-0.2, 0) is 16.6 Å². The molecule has 7 nitrogen and oxygen atoms in total. The Hall–Kier alpha value is -2.44. The van der Waals surface area contributed by atoms with Crippen LogP contribution in [0.3, 0.4) is 0 Å². The van der Waals surface area contributed by atoms with Gasteiger partial charge in [0.1, 0.15) is 12.0 Å². The van der Waals surface area contributed by atoms with E-state index in [1.165, 1.54) is 29.8 Å². The first kappa shape index (κ1) is 10.1. The van der Waals surface area contributed by atoms with Gasteiger partial charge in [-0.3, -0.25) is 0 Å². The highest BCUT2D eigenvalue weighted by Crippen LogP contribution is 2.17. The summed E-state index contributed by atoms with van der Waals surface area (Å²) in [6.45, 7) is 0. The summed E-state index contributed by atoms with van der Waals surface area (Å²) in [5.41, 5.74) is 0. The van der Waals surface area contributed by atoms with Crippen LogP contribution < -0.4 is 0 Å². The van der Waals surface area contributed by atoms with Crippen molar-refractivity contribution in [1.82, 2.24) is 9.55 Å². The van der Waals surface area contributed by atoms with Gasteiger partial charge in [0.25, 0.3) is 0 Å². The topological polar surface area (TPSA) is 87.3 Å². The highest BCUT2D eigenvalue weighted by Gasteiger charge is 2.17. The van der Waals surface area contributed by atoms with Crippen molar-refractivity contribution in [3.8, 4) is 0 Å². The van der Waals surface area contributed by atoms with E-state index in [9.17, 15) is 14.9 Å². The minimum atomic E-state index is -0.536. The Kier molecular flexibility index (Phi) is 2.28. The highest BCUT2D eigenvalue weighted by atomic mass is 16.6. The van der Waals surface area contributed by atoms with Crippen molar-refractivity contribution in [2.45, 2.75) is 0 Å². The van der Waals surface area contributed by atoms with E-state index in [2.05, 4.69) is 4.98 Å². The molecule has 2 heterocycles. The largest absolute Gasteiger partial charge is 0.423 e. The number of esters is 1. The molecule has 0 aliphatic carbocycles. The lowest BCUT2D eigenvalue weighted by molar-refractivity contribution is -0.391. The quantitative estimate of drug-likeness (QED) is 0.418. The number of aromatic nitrogens is 2. The van der Waals surface area contributed by atoms with Gasteiger partial charge in [-0.05, 0) is 11.0 Å². The van der Waals surface area contributed by atoms with E-state index in [0.29, 0.717) is 11.6 Å². The minimum absolute atomic E-state index is 0.125. The van der Waals surface area contributed by atoms with Crippen molar-refractivity contribution in [1.29, 1.82) is 0 Å². The van der Waals surface area contributed by atoms with E-state index in [1.807, 2.05) is 0 Å². The van der Waals surface area contributed by atoms with Crippen molar-refractivity contribution in [2.75, 3.05) is 0 Å². The molecule has 0 fully saturated rings. The molecule has 2 rings (SSSR count). The van der Waals surface area contributed by atoms with Gasteiger partial charge in [0.15, 0.2) is 0 Å². The third kappa shape index (κ3) is 1.70. The van der Waals surface area contributed by atoms with E-state index in [1.54, 1.807) is 0 Å². The maximum absolute atomic E-state index is 10.8. The van der Waals surface area contributed by atoms with Gasteiger partial charge < -0.3 is 14.9 Å². The van der Waals surface area contributed by atoms with Crippen LogP contribution >= 0.6 is 0 Å². The molecule has 1 aromatic heterocycles. The first-order valence-corrected chi connectivity index (χ1v) is 4.35. The Morgan fingerprint density at radius 2 is 2.31 bits per heavy atom. The van der Waals surface area contributed by atoms with E-state index in [4.69, 9.17) is 4.74 Å². The third-order valence-electron chi connectivity index (χ3n) is 2.06. The van der Waals surface area contributed by atoms with Gasteiger partial charge in [-0.1, -0.05) is 0 Å². The number of nitrogens with zero attached hydrogens (tertiary/aromatic N) is 3. The van der Waals surface area contributed by atoms with Gasteiger partial charge in [-0.2, -0.15) is 0 Å². The number of carbonyl (C=O) groups excluding carboxylic acids is 1.